The molecule has 0 amide bonds. The molecule has 0 unspecified atom stereocenters. The number of aromatic nitrogens is 2. The molecule has 0 saturated carbocycles. The van der Waals surface area contributed by atoms with E-state index in [4.69, 9.17) is 11.6 Å². The van der Waals surface area contributed by atoms with Crippen LogP contribution in [0, 0.1) is 0 Å². The third-order valence-corrected chi connectivity index (χ3v) is 3.80. The summed E-state index contributed by atoms with van der Waals surface area (Å²) in [6.07, 6.45) is 0. The first-order chi connectivity index (χ1) is 8.24. The van der Waals surface area contributed by atoms with Crippen molar-refractivity contribution in [1.29, 1.82) is 0 Å². The first-order valence-electron chi connectivity index (χ1n) is 5.14. The molecule has 4 heteroatoms. The van der Waals surface area contributed by atoms with Crippen molar-refractivity contribution in [1.82, 2.24) is 9.97 Å². The lowest BCUT2D eigenvalue weighted by molar-refractivity contribution is 1.33. The fourth-order valence-corrected chi connectivity index (χ4v) is 2.23. The highest BCUT2D eigenvalue weighted by atomic mass is 79.9. The number of benzene rings is 2. The predicted octanol–water partition coefficient (Wildman–Crippen LogP) is 4.65. The number of hydrogen-bond acceptors (Lipinski definition) is 1. The lowest BCUT2D eigenvalue weighted by atomic mass is 10.2. The third-order valence-electron chi connectivity index (χ3n) is 2.58. The standard InChI is InChI=1S/C13H8BrClN2/c14-9-7-8(5-6-10(9)15)13-16-11-3-1-2-4-12(11)17-13/h1-7H,(H,16,17). The maximum Gasteiger partial charge on any atom is 0.138 e. The van der Waals surface area contributed by atoms with Crippen LogP contribution in [0.3, 0.4) is 0 Å². The molecule has 84 valence electrons. The molecule has 0 aliphatic heterocycles. The zero-order chi connectivity index (χ0) is 11.8. The van der Waals surface area contributed by atoms with Crippen molar-refractivity contribution in [2.45, 2.75) is 0 Å². The molecule has 3 rings (SSSR count). The highest BCUT2D eigenvalue weighted by molar-refractivity contribution is 9.10. The van der Waals surface area contributed by atoms with E-state index in [2.05, 4.69) is 25.9 Å². The molecular formula is C13H8BrClN2. The minimum absolute atomic E-state index is 0.699. The maximum atomic E-state index is 5.97. The quantitative estimate of drug-likeness (QED) is 0.697. The third kappa shape index (κ3) is 1.96. The van der Waals surface area contributed by atoms with Gasteiger partial charge in [0.15, 0.2) is 0 Å². The first kappa shape index (κ1) is 10.8. The smallest absolute Gasteiger partial charge is 0.138 e. The van der Waals surface area contributed by atoms with Crippen molar-refractivity contribution in [3.05, 3.63) is 52.0 Å². The van der Waals surface area contributed by atoms with Crippen LogP contribution in [0.15, 0.2) is 46.9 Å². The molecule has 1 N–H and O–H groups in total. The van der Waals surface area contributed by atoms with Crippen molar-refractivity contribution in [3.8, 4) is 11.4 Å². The van der Waals surface area contributed by atoms with E-state index in [0.29, 0.717) is 5.02 Å². The van der Waals surface area contributed by atoms with Gasteiger partial charge in [0.2, 0.25) is 0 Å². The minimum atomic E-state index is 0.699. The van der Waals surface area contributed by atoms with Gasteiger partial charge in [0.05, 0.1) is 16.1 Å². The summed E-state index contributed by atoms with van der Waals surface area (Å²) in [6.45, 7) is 0. The van der Waals surface area contributed by atoms with E-state index in [9.17, 15) is 0 Å². The topological polar surface area (TPSA) is 28.7 Å². The number of rotatable bonds is 1. The minimum Gasteiger partial charge on any atom is -0.338 e. The number of aromatic amines is 1. The molecule has 1 aromatic heterocycles. The van der Waals surface area contributed by atoms with E-state index < -0.39 is 0 Å². The molecule has 0 atom stereocenters. The number of nitrogens with zero attached hydrogens (tertiary/aromatic N) is 1. The molecule has 2 nitrogen and oxygen atoms in total. The zero-order valence-electron chi connectivity index (χ0n) is 8.74. The fraction of sp³-hybridized carbons (Fsp3) is 0. The highest BCUT2D eigenvalue weighted by Crippen LogP contribution is 2.28. The van der Waals surface area contributed by atoms with E-state index in [0.717, 1.165) is 26.9 Å². The first-order valence-corrected chi connectivity index (χ1v) is 6.31. The molecule has 1 heterocycles. The van der Waals surface area contributed by atoms with E-state index >= 15 is 0 Å². The Morgan fingerprint density at radius 2 is 1.94 bits per heavy atom. The van der Waals surface area contributed by atoms with Crippen LogP contribution in [-0.2, 0) is 0 Å². The number of H-pyrrole nitrogens is 1. The van der Waals surface area contributed by atoms with Crippen LogP contribution >= 0.6 is 27.5 Å². The van der Waals surface area contributed by atoms with Crippen molar-refractivity contribution in [2.24, 2.45) is 0 Å². The van der Waals surface area contributed by atoms with Gasteiger partial charge >= 0.3 is 0 Å². The lowest BCUT2D eigenvalue weighted by Crippen LogP contribution is -1.80. The largest absolute Gasteiger partial charge is 0.338 e. The van der Waals surface area contributed by atoms with Crippen LogP contribution in [-0.4, -0.2) is 9.97 Å². The summed E-state index contributed by atoms with van der Waals surface area (Å²) in [7, 11) is 0. The average Bonchev–Trinajstić information content (AvgIpc) is 2.76. The molecule has 17 heavy (non-hydrogen) atoms. The Hall–Kier alpha value is -1.32. The van der Waals surface area contributed by atoms with E-state index in [1.807, 2.05) is 42.5 Å². The highest BCUT2D eigenvalue weighted by Gasteiger charge is 2.06. The van der Waals surface area contributed by atoms with Crippen LogP contribution in [0.1, 0.15) is 0 Å². The maximum absolute atomic E-state index is 5.97. The molecule has 0 fully saturated rings. The van der Waals surface area contributed by atoms with Crippen molar-refractivity contribution in [3.63, 3.8) is 0 Å². The van der Waals surface area contributed by atoms with E-state index in [1.165, 1.54) is 0 Å². The molecule has 0 radical (unpaired) electrons. The van der Waals surface area contributed by atoms with Gasteiger partial charge in [-0.05, 0) is 46.3 Å². The molecule has 0 aliphatic carbocycles. The molecule has 3 aromatic rings. The van der Waals surface area contributed by atoms with Crippen LogP contribution in [0.4, 0.5) is 0 Å². The van der Waals surface area contributed by atoms with E-state index in [-0.39, 0.29) is 0 Å². The van der Waals surface area contributed by atoms with E-state index in [1.54, 1.807) is 0 Å². The number of fused-ring (bicyclic) bond motifs is 1. The second-order valence-electron chi connectivity index (χ2n) is 3.73. The van der Waals surface area contributed by atoms with Gasteiger partial charge in [-0.25, -0.2) is 4.98 Å². The van der Waals surface area contributed by atoms with Crippen LogP contribution < -0.4 is 0 Å². The van der Waals surface area contributed by atoms with Gasteiger partial charge in [-0.15, -0.1) is 0 Å². The second kappa shape index (κ2) is 4.17. The lowest BCUT2D eigenvalue weighted by Gasteiger charge is -1.99. The summed E-state index contributed by atoms with van der Waals surface area (Å²) >= 11 is 9.38. The van der Waals surface area contributed by atoms with Crippen LogP contribution in [0.2, 0.25) is 5.02 Å². The number of nitrogens with one attached hydrogen (secondary N) is 1. The molecule has 0 saturated heterocycles. The van der Waals surface area contributed by atoms with Crippen molar-refractivity contribution >= 4 is 38.6 Å². The molecule has 2 aromatic carbocycles. The number of imidazole rings is 1. The van der Waals surface area contributed by atoms with Crippen LogP contribution in [0.5, 0.6) is 0 Å². The van der Waals surface area contributed by atoms with Gasteiger partial charge in [-0.3, -0.25) is 0 Å². The van der Waals surface area contributed by atoms with Gasteiger partial charge in [-0.2, -0.15) is 0 Å². The molecule has 0 spiro atoms. The molecular weight excluding hydrogens is 300 g/mol. The zero-order valence-corrected chi connectivity index (χ0v) is 11.1. The second-order valence-corrected chi connectivity index (χ2v) is 4.99. The predicted molar refractivity (Wildman–Crippen MR) is 74.2 cm³/mol. The summed E-state index contributed by atoms with van der Waals surface area (Å²) in [5.74, 6) is 0.851. The Kier molecular flexibility index (Phi) is 2.65. The summed E-state index contributed by atoms with van der Waals surface area (Å²) in [4.78, 5) is 7.82. The Labute approximate surface area is 112 Å². The monoisotopic (exact) mass is 306 g/mol. The number of para-hydroxylation sites is 2. The number of halogens is 2. The van der Waals surface area contributed by atoms with Gasteiger partial charge in [0.25, 0.3) is 0 Å². The number of hydrogen-bond donors (Lipinski definition) is 1. The van der Waals surface area contributed by atoms with Crippen LogP contribution in [0.25, 0.3) is 22.4 Å². The SMILES string of the molecule is Clc1ccc(-c2nc3ccccc3[nH]2)cc1Br. The summed E-state index contributed by atoms with van der Waals surface area (Å²) in [5, 5.41) is 0.699. The van der Waals surface area contributed by atoms with Gasteiger partial charge in [0.1, 0.15) is 5.82 Å². The summed E-state index contributed by atoms with van der Waals surface area (Å²) in [5.41, 5.74) is 3.01. The van der Waals surface area contributed by atoms with Crippen molar-refractivity contribution < 1.29 is 0 Å². The molecule has 0 bridgehead atoms. The Morgan fingerprint density at radius 1 is 1.12 bits per heavy atom. The van der Waals surface area contributed by atoms with Gasteiger partial charge < -0.3 is 4.98 Å². The Bertz CT molecular complexity index is 658. The summed E-state index contributed by atoms with van der Waals surface area (Å²) in [6, 6.07) is 13.7. The fourth-order valence-electron chi connectivity index (χ4n) is 1.73. The van der Waals surface area contributed by atoms with Gasteiger partial charge in [-0.1, -0.05) is 23.7 Å². The average molecular weight is 308 g/mol. The summed E-state index contributed by atoms with van der Waals surface area (Å²) < 4.78 is 0.872. The normalized spacial score (nSPS) is 10.9. The molecule has 0 aliphatic rings. The van der Waals surface area contributed by atoms with Crippen molar-refractivity contribution in [2.75, 3.05) is 0 Å². The van der Waals surface area contributed by atoms with Gasteiger partial charge in [0, 0.05) is 10.0 Å². The Morgan fingerprint density at radius 3 is 2.71 bits per heavy atom. The Balaban J connectivity index is 2.17.